The van der Waals surface area contributed by atoms with Crippen molar-refractivity contribution in [2.45, 2.75) is 49.1 Å². The third kappa shape index (κ3) is 6.21. The average molecular weight is 666 g/mol. The first-order valence-corrected chi connectivity index (χ1v) is 14.8. The number of rotatable bonds is 11. The lowest BCUT2D eigenvalue weighted by Crippen LogP contribution is -2.69. The highest BCUT2D eigenvalue weighted by atomic mass is 16.7. The van der Waals surface area contributed by atoms with Crippen LogP contribution in [0, 0.1) is 0 Å². The zero-order valence-corrected chi connectivity index (χ0v) is 25.5. The zero-order valence-electron chi connectivity index (χ0n) is 25.5. The minimum absolute atomic E-state index is 0.0496. The van der Waals surface area contributed by atoms with Crippen LogP contribution in [0.1, 0.15) is 30.1 Å². The number of phenolic OH excluding ortho intramolecular Hbond substituents is 1. The summed E-state index contributed by atoms with van der Waals surface area (Å²) in [6, 6.07) is 8.17. The SMILES string of the molecule is COc1c(OC2OC(C(=O)O)C(O)(CC3=NC=NC3)C(O)C2O)cc2c(c1O)C(O)=CC(c1ccc(OCCC3=NC(=[NH2+])C=C3)cc1)O2. The van der Waals surface area contributed by atoms with E-state index in [-0.39, 0.29) is 40.8 Å². The minimum atomic E-state index is -2.48. The van der Waals surface area contributed by atoms with Crippen molar-refractivity contribution < 1.29 is 64.5 Å². The highest BCUT2D eigenvalue weighted by molar-refractivity contribution is 6.13. The van der Waals surface area contributed by atoms with Gasteiger partial charge in [-0.05, 0) is 28.8 Å². The number of nitrogens with two attached hydrogens (primary N) is 1. The number of ether oxygens (including phenoxy) is 5. The lowest BCUT2D eigenvalue weighted by molar-refractivity contribution is -0.303. The van der Waals surface area contributed by atoms with Crippen molar-refractivity contribution in [3.8, 4) is 28.7 Å². The van der Waals surface area contributed by atoms with E-state index >= 15 is 0 Å². The molecule has 0 amide bonds. The fraction of sp³-hybridized carbons (Fsp3) is 0.344. The molecule has 2 aromatic rings. The Hall–Kier alpha value is -5.29. The van der Waals surface area contributed by atoms with Crippen molar-refractivity contribution >= 4 is 35.3 Å². The van der Waals surface area contributed by atoms with Crippen LogP contribution in [0.25, 0.3) is 5.76 Å². The molecule has 2 aromatic carbocycles. The topological polar surface area (TPSA) is 247 Å². The van der Waals surface area contributed by atoms with Crippen molar-refractivity contribution in [1.82, 2.24) is 0 Å². The first kappa shape index (κ1) is 32.6. The molecule has 0 aromatic heterocycles. The fourth-order valence-corrected chi connectivity index (χ4v) is 5.74. The Kier molecular flexibility index (Phi) is 8.89. The molecule has 0 bridgehead atoms. The molecule has 4 aliphatic rings. The summed E-state index contributed by atoms with van der Waals surface area (Å²) in [6.07, 6.45) is -2.51. The maximum absolute atomic E-state index is 12.2. The van der Waals surface area contributed by atoms with Gasteiger partial charge in [0.05, 0.1) is 20.3 Å². The molecular weight excluding hydrogens is 632 g/mol. The van der Waals surface area contributed by atoms with Crippen LogP contribution in [0.5, 0.6) is 28.7 Å². The smallest absolute Gasteiger partial charge is 0.336 e. The Morgan fingerprint density at radius 2 is 1.94 bits per heavy atom. The molecule has 0 aliphatic carbocycles. The van der Waals surface area contributed by atoms with E-state index in [0.717, 1.165) is 5.71 Å². The molecule has 0 saturated carbocycles. The molecule has 1 saturated heterocycles. The first-order chi connectivity index (χ1) is 23.0. The van der Waals surface area contributed by atoms with Crippen LogP contribution in [0.2, 0.25) is 0 Å². The number of methoxy groups -OCH3 is 1. The Bertz CT molecular complexity index is 1770. The van der Waals surface area contributed by atoms with Gasteiger partial charge in [0.1, 0.15) is 53.1 Å². The van der Waals surface area contributed by atoms with Crippen molar-refractivity contribution in [2.24, 2.45) is 15.0 Å². The van der Waals surface area contributed by atoms with Gasteiger partial charge in [-0.15, -0.1) is 0 Å². The summed E-state index contributed by atoms with van der Waals surface area (Å²) >= 11 is 0. The van der Waals surface area contributed by atoms with Crippen LogP contribution in [0.3, 0.4) is 0 Å². The average Bonchev–Trinajstić information content (AvgIpc) is 3.72. The van der Waals surface area contributed by atoms with E-state index in [2.05, 4.69) is 15.0 Å². The van der Waals surface area contributed by atoms with E-state index in [4.69, 9.17) is 29.1 Å². The number of phenols is 1. The molecule has 8 N–H and O–H groups in total. The van der Waals surface area contributed by atoms with Gasteiger partial charge in [0.15, 0.2) is 23.3 Å². The number of hydrogen-bond acceptors (Lipinski definition) is 13. The van der Waals surface area contributed by atoms with Crippen LogP contribution in [-0.4, -0.2) is 111 Å². The van der Waals surface area contributed by atoms with E-state index in [9.17, 15) is 35.4 Å². The number of carboxylic acids is 1. The summed E-state index contributed by atoms with van der Waals surface area (Å²) in [5.41, 5.74) is -0.880. The predicted octanol–water partition coefficient (Wildman–Crippen LogP) is -0.115. The summed E-state index contributed by atoms with van der Waals surface area (Å²) < 4.78 is 28.4. The number of aliphatic carboxylic acids is 1. The predicted molar refractivity (Wildman–Crippen MR) is 168 cm³/mol. The van der Waals surface area contributed by atoms with E-state index < -0.39 is 54.4 Å². The number of nitrogens with zero attached hydrogens (tertiary/aromatic N) is 3. The Balaban J connectivity index is 1.20. The molecule has 1 fully saturated rings. The summed E-state index contributed by atoms with van der Waals surface area (Å²) in [5, 5.41) is 70.6. The van der Waals surface area contributed by atoms with Crippen molar-refractivity contribution in [1.29, 1.82) is 0 Å². The Morgan fingerprint density at radius 1 is 1.17 bits per heavy atom. The summed E-state index contributed by atoms with van der Waals surface area (Å²) in [4.78, 5) is 24.2. The molecule has 6 unspecified atom stereocenters. The number of allylic oxidation sites excluding steroid dienone is 1. The summed E-state index contributed by atoms with van der Waals surface area (Å²) in [7, 11) is 1.20. The number of aliphatic imine (C=N–C) groups is 3. The van der Waals surface area contributed by atoms with E-state index in [1.165, 1.54) is 25.6 Å². The number of amidine groups is 1. The molecule has 4 aliphatic heterocycles. The maximum atomic E-state index is 12.2. The lowest BCUT2D eigenvalue weighted by Gasteiger charge is -2.46. The molecule has 0 radical (unpaired) electrons. The third-order valence-electron chi connectivity index (χ3n) is 8.15. The van der Waals surface area contributed by atoms with Crippen LogP contribution in [-0.2, 0) is 9.53 Å². The molecule has 6 rings (SSSR count). The van der Waals surface area contributed by atoms with Crippen LogP contribution < -0.4 is 24.4 Å². The van der Waals surface area contributed by atoms with Gasteiger partial charge in [0, 0.05) is 36.8 Å². The van der Waals surface area contributed by atoms with Gasteiger partial charge in [-0.1, -0.05) is 12.1 Å². The number of aliphatic hydroxyl groups is 4. The maximum Gasteiger partial charge on any atom is 0.336 e. The summed E-state index contributed by atoms with van der Waals surface area (Å²) in [5.74, 6) is -2.16. The molecule has 16 nitrogen and oxygen atoms in total. The number of aliphatic hydroxyl groups excluding tert-OH is 3. The van der Waals surface area contributed by atoms with Crippen molar-refractivity contribution in [3.05, 3.63) is 59.7 Å². The molecule has 48 heavy (non-hydrogen) atoms. The van der Waals surface area contributed by atoms with E-state index in [1.54, 1.807) is 30.3 Å². The van der Waals surface area contributed by atoms with Gasteiger partial charge in [0.2, 0.25) is 12.0 Å². The Morgan fingerprint density at radius 3 is 2.58 bits per heavy atom. The largest absolute Gasteiger partial charge is 0.507 e. The normalized spacial score (nSPS) is 27.5. The number of carbonyl (C=O) groups is 1. The minimum Gasteiger partial charge on any atom is -0.507 e. The standard InChI is InChI=1S/C32H32N4O12/c1-44-27-22(47-31-26(39)28(40)32(43,29(48-31)30(41)42)12-17-13-34-14-35-17)11-21-24(25(27)38)19(37)10-20(46-21)15-2-5-18(6-3-15)45-9-8-16-4-7-23(33)36-16/h2-7,10-11,14,20,26,28-29,31,33,37-40,43H,8-9,12-13H2,1H3,(H,41,42)/p+1. The van der Waals surface area contributed by atoms with Crippen LogP contribution >= 0.6 is 0 Å². The quantitative estimate of drug-likeness (QED) is 0.166. The fourth-order valence-electron chi connectivity index (χ4n) is 5.74. The second-order valence-corrected chi connectivity index (χ2v) is 11.3. The van der Waals surface area contributed by atoms with Gasteiger partial charge in [-0.25, -0.2) is 9.79 Å². The molecule has 252 valence electrons. The zero-order chi connectivity index (χ0) is 34.2. The summed E-state index contributed by atoms with van der Waals surface area (Å²) in [6.45, 7) is 0.452. The monoisotopic (exact) mass is 665 g/mol. The van der Waals surface area contributed by atoms with Crippen LogP contribution in [0.4, 0.5) is 0 Å². The number of fused-ring (bicyclic) bond motifs is 1. The highest BCUT2D eigenvalue weighted by Gasteiger charge is 2.59. The molecule has 4 heterocycles. The van der Waals surface area contributed by atoms with Gasteiger partial charge < -0.3 is 54.3 Å². The number of benzene rings is 2. The van der Waals surface area contributed by atoms with Gasteiger partial charge in [-0.3, -0.25) is 10.4 Å². The number of hydrogen-bond donors (Lipinski definition) is 7. The number of carboxylic acid groups (broad SMARTS) is 1. The molecule has 16 heteroatoms. The third-order valence-corrected chi connectivity index (χ3v) is 8.15. The van der Waals surface area contributed by atoms with E-state index in [0.29, 0.717) is 30.2 Å². The van der Waals surface area contributed by atoms with Crippen molar-refractivity contribution in [2.75, 3.05) is 20.3 Å². The van der Waals surface area contributed by atoms with Crippen LogP contribution in [0.15, 0.2) is 63.5 Å². The van der Waals surface area contributed by atoms with Gasteiger partial charge in [0.25, 0.3) is 0 Å². The highest BCUT2D eigenvalue weighted by Crippen LogP contribution is 2.51. The number of aromatic hydroxyl groups is 1. The lowest BCUT2D eigenvalue weighted by atomic mass is 9.80. The molecule has 0 spiro atoms. The van der Waals surface area contributed by atoms with Gasteiger partial charge >= 0.3 is 11.8 Å². The molecular formula is C32H33N4O12+. The second-order valence-electron chi connectivity index (χ2n) is 11.3. The van der Waals surface area contributed by atoms with E-state index in [1.807, 2.05) is 6.08 Å². The first-order valence-electron chi connectivity index (χ1n) is 14.8. The molecule has 6 atom stereocenters. The van der Waals surface area contributed by atoms with Gasteiger partial charge in [-0.2, -0.15) is 0 Å². The second kappa shape index (κ2) is 13.1. The van der Waals surface area contributed by atoms with Crippen molar-refractivity contribution in [3.63, 3.8) is 0 Å². The Labute approximate surface area is 272 Å².